The fraction of sp³-hybridized carbons (Fsp3) is 0.208. The van der Waals surface area contributed by atoms with Crippen LogP contribution < -0.4 is 25.4 Å². The van der Waals surface area contributed by atoms with Crippen LogP contribution in [0.2, 0.25) is 0 Å². The van der Waals surface area contributed by atoms with Crippen LogP contribution in [-0.2, 0) is 11.2 Å². The van der Waals surface area contributed by atoms with Gasteiger partial charge in [0, 0.05) is 35.9 Å². The molecule has 2 aromatic carbocycles. The highest BCUT2D eigenvalue weighted by molar-refractivity contribution is 5.93. The maximum Gasteiger partial charge on any atom is 0.319 e. The Bertz CT molecular complexity index is 1400. The largest absolute Gasteiger partial charge is 0.487 e. The summed E-state index contributed by atoms with van der Waals surface area (Å²) in [5, 5.41) is 7.60. The van der Waals surface area contributed by atoms with Crippen molar-refractivity contribution in [2.24, 2.45) is 0 Å². The molecule has 0 radical (unpaired) electrons. The third-order valence-corrected chi connectivity index (χ3v) is 6.21. The van der Waals surface area contributed by atoms with E-state index in [-0.39, 0.29) is 24.0 Å². The van der Waals surface area contributed by atoms with Gasteiger partial charge >= 0.3 is 6.03 Å². The van der Waals surface area contributed by atoms with E-state index in [0.717, 1.165) is 11.1 Å². The van der Waals surface area contributed by atoms with Gasteiger partial charge in [0.05, 0.1) is 17.6 Å². The lowest BCUT2D eigenvalue weighted by Gasteiger charge is -2.19. The molecular weight excluding hydrogens is 465 g/mol. The highest BCUT2D eigenvalue weighted by Crippen LogP contribution is 2.54. The van der Waals surface area contributed by atoms with Gasteiger partial charge in [-0.2, -0.15) is 0 Å². The van der Waals surface area contributed by atoms with E-state index in [2.05, 4.69) is 20.9 Å². The number of anilines is 2. The van der Waals surface area contributed by atoms with Gasteiger partial charge in [-0.05, 0) is 30.7 Å². The molecule has 2 aliphatic heterocycles. The van der Waals surface area contributed by atoms with Gasteiger partial charge in [0.25, 0.3) is 0 Å². The second-order valence-corrected chi connectivity index (χ2v) is 8.46. The quantitative estimate of drug-likeness (QED) is 0.484. The summed E-state index contributed by atoms with van der Waals surface area (Å²) in [5.41, 5.74) is 1.18. The minimum atomic E-state index is -1.34. The van der Waals surface area contributed by atoms with Gasteiger partial charge < -0.3 is 25.4 Å². The Morgan fingerprint density at radius 2 is 1.91 bits per heavy atom. The number of nitrogens with one attached hydrogen (secondary N) is 3. The van der Waals surface area contributed by atoms with Crippen LogP contribution in [0.15, 0.2) is 42.6 Å². The van der Waals surface area contributed by atoms with E-state index < -0.39 is 29.2 Å². The summed E-state index contributed by atoms with van der Waals surface area (Å²) in [7, 11) is 0. The van der Waals surface area contributed by atoms with E-state index in [1.54, 1.807) is 24.4 Å². The maximum absolute atomic E-state index is 13.8. The van der Waals surface area contributed by atoms with Crippen molar-refractivity contribution < 1.29 is 32.2 Å². The molecule has 6 rings (SSSR count). The summed E-state index contributed by atoms with van der Waals surface area (Å²) < 4.78 is 52.2. The van der Waals surface area contributed by atoms with Crippen LogP contribution in [0.4, 0.5) is 29.5 Å². The molecule has 1 fully saturated rings. The summed E-state index contributed by atoms with van der Waals surface area (Å²) in [6, 6.07) is 6.89. The van der Waals surface area contributed by atoms with Gasteiger partial charge in [-0.25, -0.2) is 22.9 Å². The van der Waals surface area contributed by atoms with Crippen molar-refractivity contribution in [1.82, 2.24) is 10.3 Å². The highest BCUT2D eigenvalue weighted by atomic mass is 19.2. The van der Waals surface area contributed by atoms with Crippen LogP contribution in [0.3, 0.4) is 0 Å². The Hall–Kier alpha value is -4.28. The predicted octanol–water partition coefficient (Wildman–Crippen LogP) is 4.22. The Balaban J connectivity index is 1.15. The molecule has 3 amide bonds. The molecule has 1 aliphatic carbocycles. The molecule has 8 nitrogen and oxygen atoms in total. The number of urea groups is 1. The first-order valence-electron chi connectivity index (χ1n) is 10.9. The summed E-state index contributed by atoms with van der Waals surface area (Å²) in [6.07, 6.45) is 2.12. The van der Waals surface area contributed by atoms with E-state index in [1.807, 2.05) is 6.07 Å². The summed E-state index contributed by atoms with van der Waals surface area (Å²) in [4.78, 5) is 28.1. The number of rotatable bonds is 4. The third kappa shape index (κ3) is 3.78. The number of fused-ring (bicyclic) bond motifs is 4. The topological polar surface area (TPSA) is 102 Å². The standard InChI is InChI=1S/C24H17F3N4O4/c25-13-8-15(27)16(9-14(13)26)29-24(33)31-21-20-12-7-10(1-3-17(12)35-22(20)21)34-18-5-6-28-23-11(18)2-4-19(32)30-23/h1,3,5-9,20-22H,2,4H2,(H,28,30,32)(H2,29,31,33)/t20-,21+,22-/m0/s1. The Morgan fingerprint density at radius 1 is 1.09 bits per heavy atom. The van der Waals surface area contributed by atoms with Gasteiger partial charge in [0.15, 0.2) is 11.6 Å². The summed E-state index contributed by atoms with van der Waals surface area (Å²) >= 11 is 0. The number of carbonyl (C=O) groups is 2. The number of benzene rings is 2. The maximum atomic E-state index is 13.8. The average molecular weight is 482 g/mol. The molecule has 0 spiro atoms. The molecular formula is C24H17F3N4O4. The molecule has 0 unspecified atom stereocenters. The molecule has 178 valence electrons. The molecule has 3 heterocycles. The van der Waals surface area contributed by atoms with Crippen molar-refractivity contribution in [3.63, 3.8) is 0 Å². The molecule has 3 aromatic rings. The lowest BCUT2D eigenvalue weighted by atomic mass is 10.1. The number of hydrogen-bond acceptors (Lipinski definition) is 5. The van der Waals surface area contributed by atoms with Crippen LogP contribution in [0.5, 0.6) is 17.2 Å². The first kappa shape index (κ1) is 21.3. The van der Waals surface area contributed by atoms with Crippen LogP contribution in [-0.4, -0.2) is 29.1 Å². The predicted molar refractivity (Wildman–Crippen MR) is 117 cm³/mol. The minimum Gasteiger partial charge on any atom is -0.487 e. The van der Waals surface area contributed by atoms with Crippen molar-refractivity contribution in [3.8, 4) is 17.2 Å². The van der Waals surface area contributed by atoms with Crippen LogP contribution in [0, 0.1) is 17.5 Å². The fourth-order valence-corrected chi connectivity index (χ4v) is 4.48. The Kier molecular flexibility index (Phi) is 4.80. The molecule has 3 aliphatic rings. The molecule has 3 N–H and O–H groups in total. The number of halogens is 3. The number of amides is 3. The van der Waals surface area contributed by atoms with Crippen molar-refractivity contribution in [2.45, 2.75) is 30.9 Å². The average Bonchev–Trinajstić information content (AvgIpc) is 3.33. The lowest BCUT2D eigenvalue weighted by Crippen LogP contribution is -2.34. The second-order valence-electron chi connectivity index (χ2n) is 8.46. The van der Waals surface area contributed by atoms with Gasteiger partial charge in [-0.1, -0.05) is 0 Å². The van der Waals surface area contributed by atoms with Gasteiger partial charge in [-0.3, -0.25) is 4.79 Å². The van der Waals surface area contributed by atoms with E-state index >= 15 is 0 Å². The van der Waals surface area contributed by atoms with Crippen LogP contribution in [0.1, 0.15) is 23.5 Å². The molecule has 1 aromatic heterocycles. The van der Waals surface area contributed by atoms with E-state index in [1.165, 1.54) is 0 Å². The number of aromatic nitrogens is 1. The smallest absolute Gasteiger partial charge is 0.319 e. The monoisotopic (exact) mass is 482 g/mol. The van der Waals surface area contributed by atoms with Gasteiger partial charge in [0.2, 0.25) is 5.91 Å². The summed E-state index contributed by atoms with van der Waals surface area (Å²) in [6.45, 7) is 0. The molecule has 35 heavy (non-hydrogen) atoms. The zero-order valence-electron chi connectivity index (χ0n) is 17.9. The summed E-state index contributed by atoms with van der Waals surface area (Å²) in [5.74, 6) is -1.64. The molecule has 0 saturated heterocycles. The fourth-order valence-electron chi connectivity index (χ4n) is 4.48. The van der Waals surface area contributed by atoms with Crippen LogP contribution in [0.25, 0.3) is 0 Å². The van der Waals surface area contributed by atoms with Crippen molar-refractivity contribution >= 4 is 23.4 Å². The zero-order valence-corrected chi connectivity index (χ0v) is 17.9. The SMILES string of the molecule is O=C1CCc2c(Oc3ccc4c(c3)[C@H]3[C@@H](NC(=O)Nc5cc(F)c(F)cc5F)[C@H]3O4)ccnc2N1. The second kappa shape index (κ2) is 7.90. The van der Waals surface area contributed by atoms with Crippen molar-refractivity contribution in [2.75, 3.05) is 10.6 Å². The Labute approximate surface area is 196 Å². The first-order valence-corrected chi connectivity index (χ1v) is 10.9. The van der Waals surface area contributed by atoms with E-state index in [0.29, 0.717) is 48.0 Å². The van der Waals surface area contributed by atoms with Crippen molar-refractivity contribution in [3.05, 3.63) is 71.2 Å². The molecule has 11 heteroatoms. The van der Waals surface area contributed by atoms with E-state index in [4.69, 9.17) is 9.47 Å². The molecule has 0 bridgehead atoms. The lowest BCUT2D eigenvalue weighted by molar-refractivity contribution is -0.116. The zero-order chi connectivity index (χ0) is 24.3. The number of nitrogens with zero attached hydrogens (tertiary/aromatic N) is 1. The number of carbonyl (C=O) groups excluding carboxylic acids is 2. The normalized spacial score (nSPS) is 21.1. The first-order chi connectivity index (χ1) is 16.9. The number of pyridine rings is 1. The molecule has 3 atom stereocenters. The third-order valence-electron chi connectivity index (χ3n) is 6.21. The van der Waals surface area contributed by atoms with Gasteiger partial charge in [0.1, 0.15) is 35.0 Å². The van der Waals surface area contributed by atoms with Gasteiger partial charge in [-0.15, -0.1) is 0 Å². The number of ether oxygens (including phenoxy) is 2. The highest BCUT2D eigenvalue weighted by Gasteiger charge is 2.59. The van der Waals surface area contributed by atoms with Crippen LogP contribution >= 0.6 is 0 Å². The Morgan fingerprint density at radius 3 is 2.77 bits per heavy atom. The minimum absolute atomic E-state index is 0.0912. The number of hydrogen-bond donors (Lipinski definition) is 3. The van der Waals surface area contributed by atoms with E-state index in [9.17, 15) is 22.8 Å². The molecule has 1 saturated carbocycles. The van der Waals surface area contributed by atoms with Crippen molar-refractivity contribution in [1.29, 1.82) is 0 Å².